The smallest absolute Gasteiger partial charge is 0.261 e. The summed E-state index contributed by atoms with van der Waals surface area (Å²) < 4.78 is 43.6. The van der Waals surface area contributed by atoms with Gasteiger partial charge in [0.2, 0.25) is 0 Å². The molecule has 0 aliphatic carbocycles. The van der Waals surface area contributed by atoms with Crippen molar-refractivity contribution >= 4 is 26.5 Å². The van der Waals surface area contributed by atoms with Crippen molar-refractivity contribution in [2.24, 2.45) is 5.92 Å². The number of benzene rings is 1. The Labute approximate surface area is 190 Å². The second-order valence-corrected chi connectivity index (χ2v) is 10.3. The molecule has 1 unspecified atom stereocenters. The molecule has 174 valence electrons. The second-order valence-electron chi connectivity index (χ2n) is 8.33. The van der Waals surface area contributed by atoms with E-state index in [4.69, 9.17) is 4.74 Å². The molecule has 1 aliphatic rings. The summed E-state index contributed by atoms with van der Waals surface area (Å²) in [6, 6.07) is 6.06. The van der Waals surface area contributed by atoms with E-state index < -0.39 is 27.3 Å². The van der Waals surface area contributed by atoms with Crippen LogP contribution in [0.25, 0.3) is 10.9 Å². The molecule has 2 aromatic heterocycles. The normalized spacial score (nSPS) is 16.1. The van der Waals surface area contributed by atoms with E-state index >= 15 is 0 Å². The van der Waals surface area contributed by atoms with Gasteiger partial charge in [0.15, 0.2) is 15.6 Å². The molecular formula is C23H24FN3O5S. The molecule has 1 aromatic carbocycles. The predicted octanol–water partition coefficient (Wildman–Crippen LogP) is 2.50. The van der Waals surface area contributed by atoms with Crippen LogP contribution < -0.4 is 5.56 Å². The van der Waals surface area contributed by atoms with Crippen LogP contribution >= 0.6 is 0 Å². The van der Waals surface area contributed by atoms with Gasteiger partial charge < -0.3 is 4.74 Å². The van der Waals surface area contributed by atoms with E-state index in [1.165, 1.54) is 41.2 Å². The van der Waals surface area contributed by atoms with Crippen molar-refractivity contribution in [1.29, 1.82) is 0 Å². The van der Waals surface area contributed by atoms with E-state index in [0.717, 1.165) is 25.3 Å². The molecule has 0 spiro atoms. The lowest BCUT2D eigenvalue weighted by atomic mass is 9.89. The molecule has 3 heterocycles. The van der Waals surface area contributed by atoms with Gasteiger partial charge in [-0.1, -0.05) is 0 Å². The van der Waals surface area contributed by atoms with Gasteiger partial charge in [-0.05, 0) is 55.5 Å². The number of ether oxygens (including phenoxy) is 1. The van der Waals surface area contributed by atoms with Crippen LogP contribution in [0.4, 0.5) is 4.39 Å². The molecule has 33 heavy (non-hydrogen) atoms. The molecule has 0 N–H and O–H groups in total. The van der Waals surface area contributed by atoms with Crippen LogP contribution in [-0.4, -0.2) is 48.2 Å². The molecule has 1 atom stereocenters. The number of halogens is 1. The number of Topliss-reactive ketones (excluding diaryl/α,β-unsaturated/α-hetero) is 1. The van der Waals surface area contributed by atoms with Crippen molar-refractivity contribution in [3.8, 4) is 0 Å². The van der Waals surface area contributed by atoms with Gasteiger partial charge in [0.25, 0.3) is 5.56 Å². The number of fused-ring (bicyclic) bond motifs is 1. The number of hydrogen-bond acceptors (Lipinski definition) is 7. The fourth-order valence-corrected chi connectivity index (χ4v) is 4.71. The SMILES string of the molecule is CS(=O)(=O)c1ccc2c(=O)n(C(CC3CCOCC3)C(=O)Cc3ccc(F)cn3)cnc2c1. The van der Waals surface area contributed by atoms with Crippen molar-refractivity contribution in [1.82, 2.24) is 14.5 Å². The summed E-state index contributed by atoms with van der Waals surface area (Å²) in [7, 11) is -3.45. The van der Waals surface area contributed by atoms with E-state index in [0.29, 0.717) is 25.3 Å². The fourth-order valence-electron chi connectivity index (χ4n) is 4.07. The third kappa shape index (κ3) is 5.33. The van der Waals surface area contributed by atoms with Crippen molar-refractivity contribution in [2.75, 3.05) is 19.5 Å². The fraction of sp³-hybridized carbons (Fsp3) is 0.391. The zero-order chi connectivity index (χ0) is 23.6. The maximum absolute atomic E-state index is 13.3. The number of carbonyl (C=O) groups is 1. The molecule has 1 saturated heterocycles. The van der Waals surface area contributed by atoms with E-state index in [9.17, 15) is 22.4 Å². The number of sulfone groups is 1. The first-order chi connectivity index (χ1) is 15.7. The minimum absolute atomic E-state index is 0.0499. The highest BCUT2D eigenvalue weighted by molar-refractivity contribution is 7.90. The standard InChI is InChI=1S/C23H24FN3O5S/c1-33(30,31)18-4-5-19-20(12-18)26-14-27(23(19)29)21(10-15-6-8-32-9-7-15)22(28)11-17-3-2-16(24)13-25-17/h2-5,12-15,21H,6-11H2,1H3. The number of hydrogen-bond donors (Lipinski definition) is 0. The van der Waals surface area contributed by atoms with Crippen molar-refractivity contribution in [3.05, 3.63) is 64.7 Å². The Kier molecular flexibility index (Phi) is 6.66. The second kappa shape index (κ2) is 9.48. The Morgan fingerprint density at radius 1 is 1.21 bits per heavy atom. The molecule has 1 aliphatic heterocycles. The average molecular weight is 474 g/mol. The summed E-state index contributed by atoms with van der Waals surface area (Å²) in [4.78, 5) is 34.9. The quantitative estimate of drug-likeness (QED) is 0.519. The molecule has 0 radical (unpaired) electrons. The molecule has 3 aromatic rings. The lowest BCUT2D eigenvalue weighted by Crippen LogP contribution is -2.33. The lowest BCUT2D eigenvalue weighted by Gasteiger charge is -2.27. The Balaban J connectivity index is 1.71. The van der Waals surface area contributed by atoms with Gasteiger partial charge in [-0.3, -0.25) is 19.1 Å². The average Bonchev–Trinajstić information content (AvgIpc) is 2.79. The molecule has 0 amide bonds. The van der Waals surface area contributed by atoms with Crippen molar-refractivity contribution in [2.45, 2.75) is 36.6 Å². The third-order valence-corrected chi connectivity index (χ3v) is 7.04. The van der Waals surface area contributed by atoms with Crippen LogP contribution in [0.15, 0.2) is 52.5 Å². The lowest BCUT2D eigenvalue weighted by molar-refractivity contribution is -0.122. The Bertz CT molecular complexity index is 1330. The summed E-state index contributed by atoms with van der Waals surface area (Å²) in [5, 5.41) is 0.231. The Hall–Kier alpha value is -2.98. The van der Waals surface area contributed by atoms with Crippen LogP contribution in [0.5, 0.6) is 0 Å². The maximum Gasteiger partial charge on any atom is 0.261 e. The highest BCUT2D eigenvalue weighted by Gasteiger charge is 2.28. The number of carbonyl (C=O) groups excluding carboxylic acids is 1. The van der Waals surface area contributed by atoms with Gasteiger partial charge in [0.1, 0.15) is 5.82 Å². The van der Waals surface area contributed by atoms with Gasteiger partial charge in [0.05, 0.1) is 40.8 Å². The summed E-state index contributed by atoms with van der Waals surface area (Å²) >= 11 is 0. The summed E-state index contributed by atoms with van der Waals surface area (Å²) in [5.74, 6) is -0.519. The van der Waals surface area contributed by atoms with Crippen LogP contribution in [0.3, 0.4) is 0 Å². The number of rotatable bonds is 7. The number of aromatic nitrogens is 3. The maximum atomic E-state index is 13.3. The van der Waals surface area contributed by atoms with Gasteiger partial charge in [-0.2, -0.15) is 0 Å². The minimum atomic E-state index is -3.45. The minimum Gasteiger partial charge on any atom is -0.381 e. The molecule has 0 saturated carbocycles. The van der Waals surface area contributed by atoms with Crippen LogP contribution in [0, 0.1) is 11.7 Å². The molecule has 1 fully saturated rings. The topological polar surface area (TPSA) is 108 Å². The van der Waals surface area contributed by atoms with E-state index in [2.05, 4.69) is 9.97 Å². The van der Waals surface area contributed by atoms with Gasteiger partial charge in [0, 0.05) is 25.2 Å². The number of ketones is 1. The summed E-state index contributed by atoms with van der Waals surface area (Å²) in [5.41, 5.74) is 0.243. The van der Waals surface area contributed by atoms with E-state index in [1.54, 1.807) is 0 Å². The highest BCUT2D eigenvalue weighted by atomic mass is 32.2. The van der Waals surface area contributed by atoms with Crippen LogP contribution in [0.1, 0.15) is 31.0 Å². The third-order valence-electron chi connectivity index (χ3n) is 5.93. The molecular weight excluding hydrogens is 449 g/mol. The predicted molar refractivity (Wildman–Crippen MR) is 119 cm³/mol. The van der Waals surface area contributed by atoms with E-state index in [-0.39, 0.29) is 33.9 Å². The number of nitrogens with zero attached hydrogens (tertiary/aromatic N) is 3. The summed E-state index contributed by atoms with van der Waals surface area (Å²) in [6.45, 7) is 1.20. The van der Waals surface area contributed by atoms with Crippen LogP contribution in [0.2, 0.25) is 0 Å². The Morgan fingerprint density at radius 2 is 1.97 bits per heavy atom. The Morgan fingerprint density at radius 3 is 2.64 bits per heavy atom. The zero-order valence-electron chi connectivity index (χ0n) is 18.1. The monoisotopic (exact) mass is 473 g/mol. The molecule has 8 nitrogen and oxygen atoms in total. The van der Waals surface area contributed by atoms with Gasteiger partial charge in [-0.25, -0.2) is 17.8 Å². The van der Waals surface area contributed by atoms with Gasteiger partial charge >= 0.3 is 0 Å². The van der Waals surface area contributed by atoms with Crippen LogP contribution in [-0.2, 0) is 25.8 Å². The zero-order valence-corrected chi connectivity index (χ0v) is 18.9. The largest absolute Gasteiger partial charge is 0.381 e. The van der Waals surface area contributed by atoms with Crippen molar-refractivity contribution < 1.29 is 22.3 Å². The first kappa shape index (κ1) is 23.2. The van der Waals surface area contributed by atoms with Crippen molar-refractivity contribution in [3.63, 3.8) is 0 Å². The first-order valence-corrected chi connectivity index (χ1v) is 12.5. The summed E-state index contributed by atoms with van der Waals surface area (Å²) in [6.07, 6.45) is 5.40. The molecule has 0 bridgehead atoms. The first-order valence-electron chi connectivity index (χ1n) is 10.6. The highest BCUT2D eigenvalue weighted by Crippen LogP contribution is 2.27. The van der Waals surface area contributed by atoms with E-state index in [1.807, 2.05) is 0 Å². The molecule has 10 heteroatoms. The number of pyridine rings is 1. The molecule has 4 rings (SSSR count). The van der Waals surface area contributed by atoms with Gasteiger partial charge in [-0.15, -0.1) is 0 Å².